The molecule has 6 rings (SSSR count). The monoisotopic (exact) mass is 484 g/mol. The van der Waals surface area contributed by atoms with E-state index >= 15 is 0 Å². The summed E-state index contributed by atoms with van der Waals surface area (Å²) in [5.41, 5.74) is 4.36. The molecule has 1 atom stereocenters. The molecule has 0 radical (unpaired) electrons. The summed E-state index contributed by atoms with van der Waals surface area (Å²) in [6, 6.07) is 8.78. The molecule has 1 N–H and O–H groups in total. The van der Waals surface area contributed by atoms with Crippen molar-refractivity contribution in [1.29, 1.82) is 0 Å². The van der Waals surface area contributed by atoms with Gasteiger partial charge < -0.3 is 14.5 Å². The quantitative estimate of drug-likeness (QED) is 0.372. The van der Waals surface area contributed by atoms with Crippen LogP contribution in [0.15, 0.2) is 49.1 Å². The molecule has 8 heteroatoms. The highest BCUT2D eigenvalue weighted by Crippen LogP contribution is 2.39. The summed E-state index contributed by atoms with van der Waals surface area (Å²) in [4.78, 5) is 26.9. The molecule has 1 amide bonds. The fraction of sp³-hybridized carbons (Fsp3) is 0.357. The van der Waals surface area contributed by atoms with Crippen molar-refractivity contribution in [2.75, 3.05) is 5.32 Å². The van der Waals surface area contributed by atoms with E-state index in [-0.39, 0.29) is 5.56 Å². The number of hydrogen-bond donors (Lipinski definition) is 1. The zero-order valence-electron chi connectivity index (χ0n) is 20.7. The molecular formula is C28H29FN6O. The summed E-state index contributed by atoms with van der Waals surface area (Å²) in [6.07, 6.45) is 10.0. The Balaban J connectivity index is 1.28. The van der Waals surface area contributed by atoms with Crippen molar-refractivity contribution in [3.63, 3.8) is 0 Å². The summed E-state index contributed by atoms with van der Waals surface area (Å²) in [5.74, 6) is 1.03. The van der Waals surface area contributed by atoms with Crippen LogP contribution in [-0.2, 0) is 6.42 Å². The van der Waals surface area contributed by atoms with Crippen LogP contribution in [-0.4, -0.2) is 30.0 Å². The largest absolute Gasteiger partial charge is 0.323 e. The van der Waals surface area contributed by atoms with Gasteiger partial charge in [-0.2, -0.15) is 0 Å². The molecule has 184 valence electrons. The van der Waals surface area contributed by atoms with Crippen LogP contribution in [0.1, 0.15) is 72.4 Å². The van der Waals surface area contributed by atoms with E-state index in [1.54, 1.807) is 18.5 Å². The molecule has 0 saturated heterocycles. The lowest BCUT2D eigenvalue weighted by molar-refractivity contribution is 0.102. The second kappa shape index (κ2) is 8.69. The summed E-state index contributed by atoms with van der Waals surface area (Å²) in [5, 5.41) is 2.78. The van der Waals surface area contributed by atoms with Crippen molar-refractivity contribution in [3.8, 4) is 17.2 Å². The number of amides is 1. The van der Waals surface area contributed by atoms with Crippen molar-refractivity contribution in [1.82, 2.24) is 24.1 Å². The third-order valence-electron chi connectivity index (χ3n) is 7.30. The van der Waals surface area contributed by atoms with Crippen LogP contribution >= 0.6 is 0 Å². The van der Waals surface area contributed by atoms with Crippen molar-refractivity contribution in [3.05, 3.63) is 77.4 Å². The molecule has 1 fully saturated rings. The molecule has 0 spiro atoms. The van der Waals surface area contributed by atoms with Gasteiger partial charge in [-0.3, -0.25) is 4.79 Å². The molecule has 3 aromatic heterocycles. The number of rotatable bonds is 6. The lowest BCUT2D eigenvalue weighted by Gasteiger charge is -2.19. The van der Waals surface area contributed by atoms with Crippen LogP contribution in [0.5, 0.6) is 0 Å². The number of fused-ring (bicyclic) bond motifs is 1. The predicted molar refractivity (Wildman–Crippen MR) is 136 cm³/mol. The Kier molecular flexibility index (Phi) is 5.47. The van der Waals surface area contributed by atoms with Crippen molar-refractivity contribution in [2.45, 2.75) is 58.4 Å². The zero-order valence-corrected chi connectivity index (χ0v) is 20.7. The molecule has 1 aromatic carbocycles. The van der Waals surface area contributed by atoms with Crippen LogP contribution in [0.25, 0.3) is 17.2 Å². The highest BCUT2D eigenvalue weighted by atomic mass is 19.1. The Bertz CT molecular complexity index is 1460. The Morgan fingerprint density at radius 3 is 2.78 bits per heavy atom. The number of carbonyl (C=O) groups is 1. The number of halogens is 1. The van der Waals surface area contributed by atoms with Gasteiger partial charge in [-0.25, -0.2) is 19.3 Å². The van der Waals surface area contributed by atoms with Crippen LogP contribution in [0, 0.1) is 18.7 Å². The first kappa shape index (κ1) is 22.6. The highest BCUT2D eigenvalue weighted by molar-refractivity contribution is 6.04. The van der Waals surface area contributed by atoms with Gasteiger partial charge >= 0.3 is 0 Å². The Morgan fingerprint density at radius 2 is 2.00 bits per heavy atom. The first-order valence-electron chi connectivity index (χ1n) is 12.6. The Morgan fingerprint density at radius 1 is 1.17 bits per heavy atom. The first-order chi connectivity index (χ1) is 17.4. The van der Waals surface area contributed by atoms with Gasteiger partial charge in [-0.05, 0) is 68.4 Å². The second-order valence-corrected chi connectivity index (χ2v) is 10.3. The third-order valence-corrected chi connectivity index (χ3v) is 7.30. The van der Waals surface area contributed by atoms with E-state index in [9.17, 15) is 9.18 Å². The van der Waals surface area contributed by atoms with Crippen molar-refractivity contribution in [2.24, 2.45) is 5.92 Å². The maximum Gasteiger partial charge on any atom is 0.259 e. The number of aryl methyl sites for hydroxylation is 2. The summed E-state index contributed by atoms with van der Waals surface area (Å²) < 4.78 is 19.0. The lowest BCUT2D eigenvalue weighted by atomic mass is 10.0. The Labute approximate surface area is 209 Å². The van der Waals surface area contributed by atoms with E-state index in [4.69, 9.17) is 0 Å². The number of imidazole rings is 2. The second-order valence-electron chi connectivity index (χ2n) is 10.3. The number of nitrogens with zero attached hydrogens (tertiary/aromatic N) is 5. The smallest absolute Gasteiger partial charge is 0.259 e. The van der Waals surface area contributed by atoms with Crippen LogP contribution in [0.3, 0.4) is 0 Å². The molecule has 36 heavy (non-hydrogen) atoms. The molecule has 1 aliphatic carbocycles. The van der Waals surface area contributed by atoms with Gasteiger partial charge in [0.15, 0.2) is 5.82 Å². The summed E-state index contributed by atoms with van der Waals surface area (Å²) in [7, 11) is 0. The minimum Gasteiger partial charge on any atom is -0.323 e. The minimum absolute atomic E-state index is 0.0361. The van der Waals surface area contributed by atoms with Gasteiger partial charge in [-0.15, -0.1) is 0 Å². The van der Waals surface area contributed by atoms with Crippen LogP contribution in [0.2, 0.25) is 0 Å². The van der Waals surface area contributed by atoms with Gasteiger partial charge in [0.05, 0.1) is 23.3 Å². The molecule has 1 aliphatic heterocycles. The number of benzene rings is 1. The topological polar surface area (TPSA) is 77.6 Å². The molecule has 4 aromatic rings. The molecule has 0 bridgehead atoms. The van der Waals surface area contributed by atoms with Gasteiger partial charge in [-0.1, -0.05) is 19.9 Å². The van der Waals surface area contributed by atoms with Crippen molar-refractivity contribution >= 4 is 11.7 Å². The molecule has 0 unspecified atom stereocenters. The van der Waals surface area contributed by atoms with E-state index in [2.05, 4.69) is 38.7 Å². The fourth-order valence-corrected chi connectivity index (χ4v) is 5.18. The van der Waals surface area contributed by atoms with Crippen LogP contribution in [0.4, 0.5) is 10.2 Å². The predicted octanol–water partition coefficient (Wildman–Crippen LogP) is 5.85. The van der Waals surface area contributed by atoms with E-state index in [1.165, 1.54) is 11.8 Å². The average molecular weight is 485 g/mol. The SMILES string of the molecule is Cc1cc(F)c(C(=O)Nc2cccc(-c3ncc4n3[C@H](C(C)C)CC4)n2)cc1-n1cnc(C2CC2)c1. The van der Waals surface area contributed by atoms with Gasteiger partial charge in [0, 0.05) is 30.0 Å². The lowest BCUT2D eigenvalue weighted by Crippen LogP contribution is -2.16. The number of carbonyl (C=O) groups excluding carboxylic acids is 1. The zero-order chi connectivity index (χ0) is 25.0. The molecule has 7 nitrogen and oxygen atoms in total. The summed E-state index contributed by atoms with van der Waals surface area (Å²) >= 11 is 0. The van der Waals surface area contributed by atoms with E-state index in [0.717, 1.165) is 48.5 Å². The number of pyridine rings is 1. The Hall–Kier alpha value is -3.81. The number of anilines is 1. The normalized spacial score (nSPS) is 17.0. The number of aromatic nitrogens is 5. The third kappa shape index (κ3) is 4.00. The minimum atomic E-state index is -0.571. The number of nitrogens with one attached hydrogen (secondary N) is 1. The van der Waals surface area contributed by atoms with Gasteiger partial charge in [0.2, 0.25) is 0 Å². The molecular weight excluding hydrogens is 455 g/mol. The standard InChI is InChI=1S/C28H29FN6O/c1-16(2)24-10-9-19-13-30-27(35(19)24)22-5-4-6-26(32-22)33-28(36)20-12-25(17(3)11-21(20)29)34-14-23(31-15-34)18-7-8-18/h4-6,11-16,18,24H,7-10H2,1-3H3,(H,32,33,36)/t24-/m0/s1. The fourth-order valence-electron chi connectivity index (χ4n) is 5.18. The van der Waals surface area contributed by atoms with Crippen molar-refractivity contribution < 1.29 is 9.18 Å². The maximum absolute atomic E-state index is 14.9. The molecule has 4 heterocycles. The number of hydrogen-bond acceptors (Lipinski definition) is 4. The van der Waals surface area contributed by atoms with Gasteiger partial charge in [0.25, 0.3) is 5.91 Å². The molecule has 1 saturated carbocycles. The van der Waals surface area contributed by atoms with E-state index in [0.29, 0.717) is 29.4 Å². The first-order valence-corrected chi connectivity index (χ1v) is 12.6. The van der Waals surface area contributed by atoms with E-state index in [1.807, 2.05) is 36.0 Å². The summed E-state index contributed by atoms with van der Waals surface area (Å²) in [6.45, 7) is 6.26. The van der Waals surface area contributed by atoms with Crippen LogP contribution < -0.4 is 5.32 Å². The highest BCUT2D eigenvalue weighted by Gasteiger charge is 2.29. The van der Waals surface area contributed by atoms with Gasteiger partial charge in [0.1, 0.15) is 17.3 Å². The average Bonchev–Trinajstić information content (AvgIpc) is 3.24. The molecule has 2 aliphatic rings. The maximum atomic E-state index is 14.9. The van der Waals surface area contributed by atoms with E-state index < -0.39 is 11.7 Å².